The van der Waals surface area contributed by atoms with Crippen LogP contribution >= 0.6 is 0 Å². The van der Waals surface area contributed by atoms with E-state index in [4.69, 9.17) is 5.73 Å². The quantitative estimate of drug-likeness (QED) is 0.789. The molecule has 0 spiro atoms. The van der Waals surface area contributed by atoms with Crippen LogP contribution in [0.25, 0.3) is 0 Å². The summed E-state index contributed by atoms with van der Waals surface area (Å²) >= 11 is 0. The molecule has 1 saturated carbocycles. The highest BCUT2D eigenvalue weighted by Gasteiger charge is 2.36. The van der Waals surface area contributed by atoms with Gasteiger partial charge in [0.1, 0.15) is 0 Å². The van der Waals surface area contributed by atoms with Gasteiger partial charge in [-0.25, -0.2) is 0 Å². The fourth-order valence-electron chi connectivity index (χ4n) is 3.87. The first-order chi connectivity index (χ1) is 9.99. The Hall–Kier alpha value is -0.610. The second-order valence-corrected chi connectivity index (χ2v) is 7.57. The maximum Gasteiger partial charge on any atom is 0.240 e. The van der Waals surface area contributed by atoms with Crippen molar-refractivity contribution in [3.8, 4) is 0 Å². The molecule has 1 atom stereocenters. The van der Waals surface area contributed by atoms with Crippen molar-refractivity contribution >= 4 is 5.91 Å². The van der Waals surface area contributed by atoms with E-state index < -0.39 is 5.54 Å². The van der Waals surface area contributed by atoms with Gasteiger partial charge in [0.25, 0.3) is 0 Å². The van der Waals surface area contributed by atoms with Gasteiger partial charge in [0.15, 0.2) is 0 Å². The Morgan fingerprint density at radius 3 is 2.71 bits per heavy atom. The summed E-state index contributed by atoms with van der Waals surface area (Å²) in [6.45, 7) is 9.00. The van der Waals surface area contributed by atoms with Crippen LogP contribution in [-0.4, -0.2) is 42.5 Å². The minimum atomic E-state index is -0.573. The third-order valence-electron chi connectivity index (χ3n) is 5.01. The van der Waals surface area contributed by atoms with E-state index in [-0.39, 0.29) is 5.91 Å². The lowest BCUT2D eigenvalue weighted by Gasteiger charge is -2.34. The highest BCUT2D eigenvalue weighted by atomic mass is 16.2. The fraction of sp³-hybridized carbons (Fsp3) is 0.941. The van der Waals surface area contributed by atoms with Crippen LogP contribution < -0.4 is 11.1 Å². The molecular weight excluding hydrogens is 262 g/mol. The summed E-state index contributed by atoms with van der Waals surface area (Å²) in [6.07, 6.45) is 7.59. The van der Waals surface area contributed by atoms with E-state index >= 15 is 0 Å². The summed E-state index contributed by atoms with van der Waals surface area (Å²) in [7, 11) is 0. The molecule has 1 amide bonds. The molecular formula is C17H33N3O. The van der Waals surface area contributed by atoms with Gasteiger partial charge in [0.2, 0.25) is 5.91 Å². The first kappa shape index (κ1) is 16.8. The van der Waals surface area contributed by atoms with Crippen LogP contribution in [-0.2, 0) is 4.79 Å². The molecule has 1 heterocycles. The molecule has 1 saturated heterocycles. The van der Waals surface area contributed by atoms with Crippen molar-refractivity contribution in [1.82, 2.24) is 10.2 Å². The van der Waals surface area contributed by atoms with Crippen LogP contribution in [0.15, 0.2) is 0 Å². The van der Waals surface area contributed by atoms with E-state index in [1.807, 2.05) is 0 Å². The summed E-state index contributed by atoms with van der Waals surface area (Å²) in [5.74, 6) is 1.55. The van der Waals surface area contributed by atoms with Gasteiger partial charge in [-0.05, 0) is 50.5 Å². The summed E-state index contributed by atoms with van der Waals surface area (Å²) in [5.41, 5.74) is 5.61. The van der Waals surface area contributed by atoms with Crippen molar-refractivity contribution < 1.29 is 4.79 Å². The number of hydrogen-bond acceptors (Lipinski definition) is 3. The van der Waals surface area contributed by atoms with Crippen molar-refractivity contribution in [3.63, 3.8) is 0 Å². The third-order valence-corrected chi connectivity index (χ3v) is 5.01. The van der Waals surface area contributed by atoms with Crippen LogP contribution in [0.3, 0.4) is 0 Å². The molecule has 1 aliphatic carbocycles. The number of nitrogens with zero attached hydrogens (tertiary/aromatic N) is 1. The standard InChI is InChI=1S/C17H33N3O/c1-14(2)12-20-11-5-6-15(13-20)7-10-19-16(21)17(18)8-3-4-9-17/h14-15H,3-13,18H2,1-2H3,(H,19,21). The molecule has 0 bridgehead atoms. The third kappa shape index (κ3) is 4.96. The zero-order chi connectivity index (χ0) is 15.3. The van der Waals surface area contributed by atoms with Gasteiger partial charge in [-0.1, -0.05) is 26.7 Å². The summed E-state index contributed by atoms with van der Waals surface area (Å²) in [5, 5.41) is 3.09. The monoisotopic (exact) mass is 295 g/mol. The number of carbonyl (C=O) groups excluding carboxylic acids is 1. The average Bonchev–Trinajstić information content (AvgIpc) is 2.86. The SMILES string of the molecule is CC(C)CN1CCCC(CCNC(=O)C2(N)CCCC2)C1. The van der Waals surface area contributed by atoms with Gasteiger partial charge in [-0.15, -0.1) is 0 Å². The molecule has 0 radical (unpaired) electrons. The molecule has 4 heteroatoms. The largest absolute Gasteiger partial charge is 0.354 e. The van der Waals surface area contributed by atoms with Gasteiger partial charge >= 0.3 is 0 Å². The second kappa shape index (κ2) is 7.59. The number of piperidine rings is 1. The van der Waals surface area contributed by atoms with E-state index in [1.54, 1.807) is 0 Å². The zero-order valence-corrected chi connectivity index (χ0v) is 13.9. The van der Waals surface area contributed by atoms with Gasteiger partial charge in [-0.2, -0.15) is 0 Å². The van der Waals surface area contributed by atoms with Crippen molar-refractivity contribution in [1.29, 1.82) is 0 Å². The van der Waals surface area contributed by atoms with Gasteiger partial charge in [-0.3, -0.25) is 4.79 Å². The normalized spacial score (nSPS) is 26.2. The van der Waals surface area contributed by atoms with Gasteiger partial charge in [0, 0.05) is 19.6 Å². The van der Waals surface area contributed by atoms with Crippen LogP contribution in [0.4, 0.5) is 0 Å². The minimum absolute atomic E-state index is 0.0786. The maximum absolute atomic E-state index is 12.2. The first-order valence-electron chi connectivity index (χ1n) is 8.79. The van der Waals surface area contributed by atoms with Crippen LogP contribution in [0, 0.1) is 11.8 Å². The van der Waals surface area contributed by atoms with Gasteiger partial charge < -0.3 is 16.0 Å². The number of nitrogens with one attached hydrogen (secondary N) is 1. The molecule has 21 heavy (non-hydrogen) atoms. The molecule has 1 unspecified atom stereocenters. The maximum atomic E-state index is 12.2. The Morgan fingerprint density at radius 1 is 1.33 bits per heavy atom. The molecule has 122 valence electrons. The molecule has 4 nitrogen and oxygen atoms in total. The Balaban J connectivity index is 1.67. The molecule has 2 rings (SSSR count). The van der Waals surface area contributed by atoms with E-state index in [0.29, 0.717) is 0 Å². The molecule has 2 aliphatic rings. The number of rotatable bonds is 6. The first-order valence-corrected chi connectivity index (χ1v) is 8.79. The average molecular weight is 295 g/mol. The molecule has 2 fully saturated rings. The highest BCUT2D eigenvalue weighted by molar-refractivity contribution is 5.86. The topological polar surface area (TPSA) is 58.4 Å². The van der Waals surface area contributed by atoms with Crippen molar-refractivity contribution in [2.24, 2.45) is 17.6 Å². The summed E-state index contributed by atoms with van der Waals surface area (Å²) in [4.78, 5) is 14.8. The number of amides is 1. The lowest BCUT2D eigenvalue weighted by atomic mass is 9.93. The van der Waals surface area contributed by atoms with Crippen molar-refractivity contribution in [2.75, 3.05) is 26.2 Å². The van der Waals surface area contributed by atoms with E-state index in [2.05, 4.69) is 24.1 Å². The number of likely N-dealkylation sites (tertiary alicyclic amines) is 1. The highest BCUT2D eigenvalue weighted by Crippen LogP contribution is 2.27. The molecule has 3 N–H and O–H groups in total. The Bertz CT molecular complexity index is 337. The Morgan fingerprint density at radius 2 is 2.05 bits per heavy atom. The number of hydrogen-bond donors (Lipinski definition) is 2. The molecule has 1 aliphatic heterocycles. The minimum Gasteiger partial charge on any atom is -0.354 e. The van der Waals surface area contributed by atoms with Crippen molar-refractivity contribution in [3.05, 3.63) is 0 Å². The zero-order valence-electron chi connectivity index (χ0n) is 13.9. The smallest absolute Gasteiger partial charge is 0.240 e. The van der Waals surface area contributed by atoms with Gasteiger partial charge in [0.05, 0.1) is 5.54 Å². The van der Waals surface area contributed by atoms with E-state index in [0.717, 1.165) is 50.5 Å². The Kier molecular flexibility index (Phi) is 6.06. The van der Waals surface area contributed by atoms with Crippen LogP contribution in [0.5, 0.6) is 0 Å². The number of carbonyl (C=O) groups is 1. The van der Waals surface area contributed by atoms with Crippen molar-refractivity contribution in [2.45, 2.75) is 64.3 Å². The van der Waals surface area contributed by atoms with Crippen LogP contribution in [0.1, 0.15) is 58.8 Å². The van der Waals surface area contributed by atoms with E-state index in [9.17, 15) is 4.79 Å². The van der Waals surface area contributed by atoms with E-state index in [1.165, 1.54) is 32.5 Å². The number of nitrogens with two attached hydrogens (primary N) is 1. The predicted octanol–water partition coefficient (Wildman–Crippen LogP) is 2.13. The Labute approximate surface area is 129 Å². The fourth-order valence-corrected chi connectivity index (χ4v) is 3.87. The summed E-state index contributed by atoms with van der Waals surface area (Å²) in [6, 6.07) is 0. The second-order valence-electron chi connectivity index (χ2n) is 7.57. The summed E-state index contributed by atoms with van der Waals surface area (Å²) < 4.78 is 0. The molecule has 0 aromatic carbocycles. The van der Waals surface area contributed by atoms with Crippen LogP contribution in [0.2, 0.25) is 0 Å². The molecule has 0 aromatic rings. The lowest BCUT2D eigenvalue weighted by molar-refractivity contribution is -0.126. The lowest BCUT2D eigenvalue weighted by Crippen LogP contribution is -2.52. The molecule has 0 aromatic heterocycles. The predicted molar refractivity (Wildman–Crippen MR) is 87.0 cm³/mol.